The van der Waals surface area contributed by atoms with Gasteiger partial charge in [-0.15, -0.1) is 0 Å². The highest BCUT2D eigenvalue weighted by molar-refractivity contribution is 5.27. The van der Waals surface area contributed by atoms with Gasteiger partial charge in [0.15, 0.2) is 6.29 Å². The summed E-state index contributed by atoms with van der Waals surface area (Å²) in [5, 5.41) is 18.5. The molecule has 2 N–H and O–H groups in total. The molecule has 1 aromatic carbocycles. The molecular weight excluding hydrogens is 358 g/mol. The van der Waals surface area contributed by atoms with E-state index in [9.17, 15) is 13.9 Å². The smallest absolute Gasteiger partial charge is 0.169 e. The van der Waals surface area contributed by atoms with Crippen LogP contribution in [0, 0.1) is 11.6 Å². The quantitative estimate of drug-likeness (QED) is 0.575. The van der Waals surface area contributed by atoms with Gasteiger partial charge in [0, 0.05) is 37.4 Å². The zero-order chi connectivity index (χ0) is 19.9. The predicted octanol–water partition coefficient (Wildman–Crippen LogP) is 1.82. The monoisotopic (exact) mass is 384 g/mol. The highest BCUT2D eigenvalue weighted by Crippen LogP contribution is 2.30. The standard InChI is InChI=1S/C18H26F2N4O3/c1-4-26-17(27-5-2)9-22-13(3)18(25,10-24-12-21-11-23-24)15-7-6-14(19)8-16(15)20/h6-8,11-13,17,22,25H,4-5,9-10H2,1-3H3/t13-,18+/m1/s1. The Morgan fingerprint density at radius 3 is 2.52 bits per heavy atom. The lowest BCUT2D eigenvalue weighted by Gasteiger charge is -2.36. The minimum absolute atomic E-state index is 0.0382. The van der Waals surface area contributed by atoms with Crippen LogP contribution >= 0.6 is 0 Å². The fourth-order valence-electron chi connectivity index (χ4n) is 2.84. The Morgan fingerprint density at radius 2 is 1.96 bits per heavy atom. The summed E-state index contributed by atoms with van der Waals surface area (Å²) in [6.07, 6.45) is 2.23. The molecule has 2 aromatic rings. The van der Waals surface area contributed by atoms with Gasteiger partial charge in [0.05, 0.1) is 6.54 Å². The van der Waals surface area contributed by atoms with Gasteiger partial charge in [0.2, 0.25) is 0 Å². The molecule has 1 heterocycles. The maximum Gasteiger partial charge on any atom is 0.169 e. The molecule has 0 amide bonds. The predicted molar refractivity (Wildman–Crippen MR) is 94.8 cm³/mol. The van der Waals surface area contributed by atoms with E-state index in [0.717, 1.165) is 12.1 Å². The van der Waals surface area contributed by atoms with Gasteiger partial charge < -0.3 is 19.9 Å². The summed E-state index contributed by atoms with van der Waals surface area (Å²) in [6, 6.07) is 2.46. The number of halogens is 2. The highest BCUT2D eigenvalue weighted by Gasteiger charge is 2.39. The third-order valence-electron chi connectivity index (χ3n) is 4.28. The molecule has 2 atom stereocenters. The Morgan fingerprint density at radius 1 is 1.26 bits per heavy atom. The second-order valence-electron chi connectivity index (χ2n) is 6.11. The van der Waals surface area contributed by atoms with Gasteiger partial charge in [-0.1, -0.05) is 6.07 Å². The van der Waals surface area contributed by atoms with Crippen molar-refractivity contribution in [2.75, 3.05) is 19.8 Å². The lowest BCUT2D eigenvalue weighted by atomic mass is 9.86. The molecule has 150 valence electrons. The van der Waals surface area contributed by atoms with Gasteiger partial charge in [0.25, 0.3) is 0 Å². The Balaban J connectivity index is 2.25. The number of nitrogens with one attached hydrogen (secondary N) is 1. The molecule has 0 aliphatic rings. The Kier molecular flexibility index (Phi) is 7.78. The van der Waals surface area contributed by atoms with Gasteiger partial charge in [-0.25, -0.2) is 18.4 Å². The van der Waals surface area contributed by atoms with Crippen molar-refractivity contribution in [2.24, 2.45) is 0 Å². The van der Waals surface area contributed by atoms with Crippen molar-refractivity contribution in [3.63, 3.8) is 0 Å². The molecular formula is C18H26F2N4O3. The topological polar surface area (TPSA) is 81.4 Å². The van der Waals surface area contributed by atoms with E-state index in [0.29, 0.717) is 13.2 Å². The average Bonchev–Trinajstić information content (AvgIpc) is 3.12. The number of ether oxygens (including phenoxy) is 2. The fraction of sp³-hybridized carbons (Fsp3) is 0.556. The number of benzene rings is 1. The Labute approximate surface area is 157 Å². The summed E-state index contributed by atoms with van der Waals surface area (Å²) < 4.78 is 40.1. The minimum Gasteiger partial charge on any atom is -0.381 e. The van der Waals surface area contributed by atoms with Crippen LogP contribution in [-0.4, -0.2) is 52.0 Å². The van der Waals surface area contributed by atoms with E-state index >= 15 is 0 Å². The molecule has 0 unspecified atom stereocenters. The van der Waals surface area contributed by atoms with E-state index in [1.54, 1.807) is 6.92 Å². The van der Waals surface area contributed by atoms with Gasteiger partial charge in [-0.3, -0.25) is 0 Å². The zero-order valence-corrected chi connectivity index (χ0v) is 15.7. The molecule has 0 saturated carbocycles. The molecule has 0 bridgehead atoms. The maximum absolute atomic E-state index is 14.5. The summed E-state index contributed by atoms with van der Waals surface area (Å²) in [5.74, 6) is -1.55. The molecule has 2 rings (SSSR count). The maximum atomic E-state index is 14.5. The number of nitrogens with zero attached hydrogens (tertiary/aromatic N) is 3. The molecule has 27 heavy (non-hydrogen) atoms. The van der Waals surface area contributed by atoms with Crippen LogP contribution in [0.25, 0.3) is 0 Å². The van der Waals surface area contributed by atoms with Crippen LogP contribution in [0.5, 0.6) is 0 Å². The average molecular weight is 384 g/mol. The summed E-state index contributed by atoms with van der Waals surface area (Å²) in [4.78, 5) is 3.85. The van der Waals surface area contributed by atoms with Crippen LogP contribution in [-0.2, 0) is 21.6 Å². The van der Waals surface area contributed by atoms with Crippen molar-refractivity contribution in [3.05, 3.63) is 48.1 Å². The molecule has 0 aliphatic carbocycles. The van der Waals surface area contributed by atoms with Crippen molar-refractivity contribution in [1.29, 1.82) is 0 Å². The minimum atomic E-state index is -1.71. The largest absolute Gasteiger partial charge is 0.381 e. The molecule has 0 aliphatic heterocycles. The van der Waals surface area contributed by atoms with Crippen molar-refractivity contribution >= 4 is 0 Å². The van der Waals surface area contributed by atoms with Crippen LogP contribution in [0.1, 0.15) is 26.3 Å². The van der Waals surface area contributed by atoms with Crippen LogP contribution in [0.4, 0.5) is 8.78 Å². The van der Waals surface area contributed by atoms with Gasteiger partial charge >= 0.3 is 0 Å². The number of rotatable bonds is 11. The number of aromatic nitrogens is 3. The van der Waals surface area contributed by atoms with Gasteiger partial charge in [-0.2, -0.15) is 5.10 Å². The summed E-state index contributed by atoms with van der Waals surface area (Å²) in [5.41, 5.74) is -1.75. The van der Waals surface area contributed by atoms with E-state index in [1.807, 2.05) is 13.8 Å². The number of hydrogen-bond acceptors (Lipinski definition) is 6. The molecule has 1 aromatic heterocycles. The summed E-state index contributed by atoms with van der Waals surface area (Å²) in [7, 11) is 0. The van der Waals surface area contributed by atoms with Crippen LogP contribution in [0.2, 0.25) is 0 Å². The first-order chi connectivity index (χ1) is 12.9. The van der Waals surface area contributed by atoms with E-state index in [2.05, 4.69) is 15.4 Å². The molecule has 0 spiro atoms. The second-order valence-corrected chi connectivity index (χ2v) is 6.11. The molecule has 0 saturated heterocycles. The summed E-state index contributed by atoms with van der Waals surface area (Å²) in [6.45, 7) is 6.56. The first-order valence-electron chi connectivity index (χ1n) is 8.87. The number of aliphatic hydroxyl groups is 1. The lowest BCUT2D eigenvalue weighted by Crippen LogP contribution is -2.52. The Bertz CT molecular complexity index is 696. The van der Waals surface area contributed by atoms with Crippen LogP contribution < -0.4 is 5.32 Å². The fourth-order valence-corrected chi connectivity index (χ4v) is 2.84. The second kappa shape index (κ2) is 9.84. The molecule has 0 radical (unpaired) electrons. The highest BCUT2D eigenvalue weighted by atomic mass is 19.1. The van der Waals surface area contributed by atoms with Crippen LogP contribution in [0.15, 0.2) is 30.9 Å². The van der Waals surface area contributed by atoms with Crippen molar-refractivity contribution in [1.82, 2.24) is 20.1 Å². The Hall–Kier alpha value is -1.94. The van der Waals surface area contributed by atoms with E-state index in [4.69, 9.17) is 9.47 Å². The van der Waals surface area contributed by atoms with E-state index in [-0.39, 0.29) is 18.7 Å². The van der Waals surface area contributed by atoms with E-state index < -0.39 is 29.6 Å². The first kappa shape index (κ1) is 21.4. The van der Waals surface area contributed by atoms with Crippen molar-refractivity contribution in [3.8, 4) is 0 Å². The SMILES string of the molecule is CCOC(CN[C@H](C)[C@@](O)(Cn1cncn1)c1ccc(F)cc1F)OCC. The third-order valence-corrected chi connectivity index (χ3v) is 4.28. The number of hydrogen-bond donors (Lipinski definition) is 2. The van der Waals surface area contributed by atoms with E-state index in [1.165, 1.54) is 23.4 Å². The molecule has 7 nitrogen and oxygen atoms in total. The van der Waals surface area contributed by atoms with Crippen LogP contribution in [0.3, 0.4) is 0 Å². The molecule has 9 heteroatoms. The summed E-state index contributed by atoms with van der Waals surface area (Å²) >= 11 is 0. The first-order valence-corrected chi connectivity index (χ1v) is 8.87. The lowest BCUT2D eigenvalue weighted by molar-refractivity contribution is -0.137. The van der Waals surface area contributed by atoms with Gasteiger partial charge in [0.1, 0.15) is 29.9 Å². The van der Waals surface area contributed by atoms with Crippen molar-refractivity contribution < 1.29 is 23.4 Å². The third kappa shape index (κ3) is 5.52. The zero-order valence-electron chi connectivity index (χ0n) is 15.7. The normalized spacial score (nSPS) is 15.1. The molecule has 0 fully saturated rings. The van der Waals surface area contributed by atoms with Gasteiger partial charge in [-0.05, 0) is 26.8 Å². The van der Waals surface area contributed by atoms with Crippen molar-refractivity contribution in [2.45, 2.75) is 45.2 Å².